The normalized spacial score (nSPS) is 15.5. The molecule has 10 heteroatoms. The van der Waals surface area contributed by atoms with Crippen LogP contribution in [0.1, 0.15) is 10.6 Å². The quantitative estimate of drug-likeness (QED) is 0.803. The van der Waals surface area contributed by atoms with Crippen molar-refractivity contribution in [2.75, 3.05) is 32.7 Å². The van der Waals surface area contributed by atoms with E-state index in [1.165, 1.54) is 35.4 Å². The number of piperazine rings is 1. The van der Waals surface area contributed by atoms with E-state index in [9.17, 15) is 22.4 Å². The zero-order chi connectivity index (χ0) is 19.4. The molecule has 0 atom stereocenters. The summed E-state index contributed by atoms with van der Waals surface area (Å²) < 4.78 is 45.0. The van der Waals surface area contributed by atoms with Gasteiger partial charge in [0.25, 0.3) is 5.91 Å². The fourth-order valence-corrected chi connectivity index (χ4v) is 4.22. The van der Waals surface area contributed by atoms with Crippen LogP contribution in [0.2, 0.25) is 0 Å². The average molecular weight is 395 g/mol. The van der Waals surface area contributed by atoms with Crippen LogP contribution in [0.4, 0.5) is 4.39 Å². The largest absolute Gasteiger partial charge is 0.459 e. The van der Waals surface area contributed by atoms with E-state index in [1.807, 2.05) is 0 Å². The molecule has 1 aromatic carbocycles. The van der Waals surface area contributed by atoms with Gasteiger partial charge in [0.2, 0.25) is 15.9 Å². The minimum Gasteiger partial charge on any atom is -0.459 e. The van der Waals surface area contributed by atoms with Crippen molar-refractivity contribution in [1.82, 2.24) is 14.5 Å². The first-order chi connectivity index (χ1) is 12.9. The molecule has 0 aliphatic carbocycles. The molecule has 1 aromatic heterocycles. The van der Waals surface area contributed by atoms with Crippen molar-refractivity contribution in [2.45, 2.75) is 4.90 Å². The number of sulfonamides is 1. The van der Waals surface area contributed by atoms with Crippen molar-refractivity contribution >= 4 is 21.8 Å². The number of hydrogen-bond acceptors (Lipinski definition) is 5. The minimum absolute atomic E-state index is 0.0501. The van der Waals surface area contributed by atoms with E-state index in [2.05, 4.69) is 5.32 Å². The summed E-state index contributed by atoms with van der Waals surface area (Å²) in [5, 5.41) is 2.45. The maximum Gasteiger partial charge on any atom is 0.287 e. The van der Waals surface area contributed by atoms with E-state index >= 15 is 0 Å². The summed E-state index contributed by atoms with van der Waals surface area (Å²) in [5.74, 6) is -1.55. The molecule has 1 aliphatic heterocycles. The fraction of sp³-hybridized carbons (Fsp3) is 0.294. The molecule has 3 rings (SSSR count). The van der Waals surface area contributed by atoms with Crippen LogP contribution >= 0.6 is 0 Å². The van der Waals surface area contributed by atoms with Crippen LogP contribution in [0.5, 0.6) is 0 Å². The lowest BCUT2D eigenvalue weighted by molar-refractivity contribution is -0.131. The van der Waals surface area contributed by atoms with Crippen LogP contribution in [0, 0.1) is 5.82 Å². The highest BCUT2D eigenvalue weighted by Gasteiger charge is 2.31. The summed E-state index contributed by atoms with van der Waals surface area (Å²) in [7, 11) is -3.96. The minimum atomic E-state index is -3.96. The van der Waals surface area contributed by atoms with Crippen molar-refractivity contribution in [3.05, 3.63) is 54.2 Å². The Kier molecular flexibility index (Phi) is 5.57. The van der Waals surface area contributed by atoms with Crippen LogP contribution in [0.15, 0.2) is 52.0 Å². The van der Waals surface area contributed by atoms with Gasteiger partial charge in [0.1, 0.15) is 10.7 Å². The number of rotatable bonds is 5. The van der Waals surface area contributed by atoms with E-state index in [0.717, 1.165) is 10.4 Å². The molecule has 2 heterocycles. The number of furan rings is 1. The van der Waals surface area contributed by atoms with Gasteiger partial charge in [-0.25, -0.2) is 12.8 Å². The molecule has 1 aliphatic rings. The first-order valence-corrected chi connectivity index (χ1v) is 9.68. The second kappa shape index (κ2) is 7.89. The summed E-state index contributed by atoms with van der Waals surface area (Å²) in [6.07, 6.45) is 1.35. The van der Waals surface area contributed by atoms with Crippen molar-refractivity contribution < 1.29 is 26.8 Å². The summed E-state index contributed by atoms with van der Waals surface area (Å²) in [6, 6.07) is 8.22. The summed E-state index contributed by atoms with van der Waals surface area (Å²) in [5.41, 5.74) is 0. The van der Waals surface area contributed by atoms with E-state index in [4.69, 9.17) is 4.42 Å². The lowest BCUT2D eigenvalue weighted by Crippen LogP contribution is -2.52. The second-order valence-corrected chi connectivity index (χ2v) is 7.78. The predicted octanol–water partition coefficient (Wildman–Crippen LogP) is 0.682. The standard InChI is InChI=1S/C17H18FN3O5S/c18-13-4-1-2-6-15(13)27(24,25)21-9-7-20(8-10-21)16(22)12-19-17(23)14-5-3-11-26-14/h1-6,11H,7-10,12H2,(H,19,23). The summed E-state index contributed by atoms with van der Waals surface area (Å²) in [4.78, 5) is 25.0. The van der Waals surface area contributed by atoms with Crippen LogP contribution in [0.3, 0.4) is 0 Å². The Balaban J connectivity index is 1.55. The van der Waals surface area contributed by atoms with Gasteiger partial charge in [-0.2, -0.15) is 4.31 Å². The Labute approximate surface area is 155 Å². The molecular formula is C17H18FN3O5S. The number of carbonyl (C=O) groups is 2. The number of nitrogens with zero attached hydrogens (tertiary/aromatic N) is 2. The van der Waals surface area contributed by atoms with E-state index in [-0.39, 0.29) is 49.3 Å². The molecule has 0 unspecified atom stereocenters. The van der Waals surface area contributed by atoms with Gasteiger partial charge in [0.15, 0.2) is 5.76 Å². The number of benzene rings is 1. The average Bonchev–Trinajstić information content (AvgIpc) is 3.21. The molecule has 1 N–H and O–H groups in total. The van der Waals surface area contributed by atoms with E-state index < -0.39 is 21.7 Å². The number of nitrogens with one attached hydrogen (secondary N) is 1. The van der Waals surface area contributed by atoms with Crippen LogP contribution in [-0.2, 0) is 14.8 Å². The zero-order valence-corrected chi connectivity index (χ0v) is 15.1. The monoisotopic (exact) mass is 395 g/mol. The van der Waals surface area contributed by atoms with Gasteiger partial charge in [0.05, 0.1) is 12.8 Å². The Bertz CT molecular complexity index is 922. The van der Waals surface area contributed by atoms with Gasteiger partial charge < -0.3 is 14.6 Å². The zero-order valence-electron chi connectivity index (χ0n) is 14.3. The molecular weight excluding hydrogens is 377 g/mol. The van der Waals surface area contributed by atoms with Gasteiger partial charge in [-0.3, -0.25) is 9.59 Å². The smallest absolute Gasteiger partial charge is 0.287 e. The lowest BCUT2D eigenvalue weighted by Gasteiger charge is -2.34. The topological polar surface area (TPSA) is 99.9 Å². The Morgan fingerprint density at radius 2 is 1.78 bits per heavy atom. The number of amides is 2. The molecule has 8 nitrogen and oxygen atoms in total. The van der Waals surface area contributed by atoms with Gasteiger partial charge >= 0.3 is 0 Å². The van der Waals surface area contributed by atoms with Crippen LogP contribution < -0.4 is 5.32 Å². The molecule has 27 heavy (non-hydrogen) atoms. The number of halogens is 1. The molecule has 0 spiro atoms. The van der Waals surface area contributed by atoms with E-state index in [0.29, 0.717) is 0 Å². The van der Waals surface area contributed by atoms with E-state index in [1.54, 1.807) is 6.07 Å². The number of hydrogen-bond donors (Lipinski definition) is 1. The highest BCUT2D eigenvalue weighted by atomic mass is 32.2. The predicted molar refractivity (Wildman–Crippen MR) is 92.8 cm³/mol. The Hall–Kier alpha value is -2.72. The van der Waals surface area contributed by atoms with Crippen molar-refractivity contribution in [3.63, 3.8) is 0 Å². The molecule has 1 saturated heterocycles. The highest BCUT2D eigenvalue weighted by Crippen LogP contribution is 2.20. The van der Waals surface area contributed by atoms with Gasteiger partial charge in [-0.15, -0.1) is 0 Å². The molecule has 1 fully saturated rings. The lowest BCUT2D eigenvalue weighted by atomic mass is 10.3. The first kappa shape index (κ1) is 19.1. The molecule has 0 saturated carbocycles. The maximum absolute atomic E-state index is 13.8. The van der Waals surface area contributed by atoms with Crippen molar-refractivity contribution in [2.24, 2.45) is 0 Å². The molecule has 144 valence electrons. The molecule has 2 aromatic rings. The van der Waals surface area contributed by atoms with Crippen LogP contribution in [-0.4, -0.2) is 62.2 Å². The highest BCUT2D eigenvalue weighted by molar-refractivity contribution is 7.89. The fourth-order valence-electron chi connectivity index (χ4n) is 2.73. The summed E-state index contributed by atoms with van der Waals surface area (Å²) in [6.45, 7) is 0.189. The molecule has 0 bridgehead atoms. The third-order valence-electron chi connectivity index (χ3n) is 4.19. The third kappa shape index (κ3) is 4.17. The van der Waals surface area contributed by atoms with Crippen molar-refractivity contribution in [3.8, 4) is 0 Å². The molecule has 2 amide bonds. The van der Waals surface area contributed by atoms with Crippen LogP contribution in [0.25, 0.3) is 0 Å². The van der Waals surface area contributed by atoms with Crippen molar-refractivity contribution in [1.29, 1.82) is 0 Å². The molecule has 0 radical (unpaired) electrons. The van der Waals surface area contributed by atoms with Gasteiger partial charge in [0, 0.05) is 26.2 Å². The Morgan fingerprint density at radius 3 is 2.41 bits per heavy atom. The summed E-state index contributed by atoms with van der Waals surface area (Å²) >= 11 is 0. The third-order valence-corrected chi connectivity index (χ3v) is 6.12. The van der Waals surface area contributed by atoms with Gasteiger partial charge in [-0.05, 0) is 24.3 Å². The Morgan fingerprint density at radius 1 is 1.07 bits per heavy atom. The first-order valence-electron chi connectivity index (χ1n) is 8.24. The second-order valence-electron chi connectivity index (χ2n) is 5.88. The number of carbonyl (C=O) groups excluding carboxylic acids is 2. The SMILES string of the molecule is O=C(NCC(=O)N1CCN(S(=O)(=O)c2ccccc2F)CC1)c1ccco1. The maximum atomic E-state index is 13.8. The van der Waals surface area contributed by atoms with Gasteiger partial charge in [-0.1, -0.05) is 12.1 Å².